The molecule has 138 valence electrons. The first-order valence-electron chi connectivity index (χ1n) is 8.64. The number of carboxylic acids is 1. The molecule has 0 radical (unpaired) electrons. The van der Waals surface area contributed by atoms with Gasteiger partial charge in [-0.05, 0) is 40.5 Å². The maximum absolute atomic E-state index is 12.3. The summed E-state index contributed by atoms with van der Waals surface area (Å²) in [5, 5.41) is 11.1. The van der Waals surface area contributed by atoms with Gasteiger partial charge in [-0.1, -0.05) is 0 Å². The fraction of sp³-hybridized carbons (Fsp3) is 0.706. The molecule has 1 aromatic heterocycles. The van der Waals surface area contributed by atoms with Crippen LogP contribution in [0.4, 0.5) is 9.80 Å². The number of hydrogen-bond donors (Lipinski definition) is 1. The molecule has 1 aromatic rings. The number of anilines is 1. The van der Waals surface area contributed by atoms with Crippen LogP contribution in [0, 0.1) is 0 Å². The lowest BCUT2D eigenvalue weighted by Crippen LogP contribution is -2.55. The summed E-state index contributed by atoms with van der Waals surface area (Å²) in [6.45, 7) is 9.16. The van der Waals surface area contributed by atoms with Gasteiger partial charge in [0.05, 0.1) is 5.01 Å². The smallest absolute Gasteiger partial charge is 0.410 e. The van der Waals surface area contributed by atoms with E-state index in [0.717, 1.165) is 17.8 Å². The van der Waals surface area contributed by atoms with Gasteiger partial charge in [-0.25, -0.2) is 14.6 Å². The van der Waals surface area contributed by atoms with Crippen LogP contribution in [0.15, 0.2) is 0 Å². The largest absolute Gasteiger partial charge is 0.476 e. The van der Waals surface area contributed by atoms with Crippen molar-refractivity contribution in [1.82, 2.24) is 9.88 Å². The number of rotatable bonds is 3. The van der Waals surface area contributed by atoms with Crippen molar-refractivity contribution in [3.05, 3.63) is 10.7 Å². The molecule has 1 amide bonds. The van der Waals surface area contributed by atoms with Crippen LogP contribution < -0.4 is 4.90 Å². The first-order chi connectivity index (χ1) is 11.7. The molecule has 2 aliphatic rings. The van der Waals surface area contributed by atoms with Crippen LogP contribution in [0.5, 0.6) is 0 Å². The Morgan fingerprint density at radius 2 is 1.96 bits per heavy atom. The summed E-state index contributed by atoms with van der Waals surface area (Å²) in [5.74, 6) is -0.558. The fourth-order valence-corrected chi connectivity index (χ4v) is 4.18. The number of carbonyl (C=O) groups is 2. The summed E-state index contributed by atoms with van der Waals surface area (Å²) < 4.78 is 5.46. The van der Waals surface area contributed by atoms with Gasteiger partial charge in [-0.3, -0.25) is 0 Å². The first kappa shape index (κ1) is 18.0. The maximum Gasteiger partial charge on any atom is 0.410 e. The minimum atomic E-state index is -0.986. The number of aromatic nitrogens is 1. The maximum atomic E-state index is 12.3. The SMILES string of the molecule is C[C@@H]1CN(c2sc(C3CC3)nc2C(=O)O)CCN1C(=O)OC(C)(C)C. The molecule has 7 nitrogen and oxygen atoms in total. The molecule has 0 aromatic carbocycles. The molecule has 1 aliphatic heterocycles. The van der Waals surface area contributed by atoms with Crippen LogP contribution in [0.3, 0.4) is 0 Å². The van der Waals surface area contributed by atoms with E-state index in [4.69, 9.17) is 4.74 Å². The molecule has 0 bridgehead atoms. The van der Waals surface area contributed by atoms with E-state index < -0.39 is 11.6 Å². The van der Waals surface area contributed by atoms with E-state index in [-0.39, 0.29) is 17.8 Å². The van der Waals surface area contributed by atoms with Crippen molar-refractivity contribution in [2.75, 3.05) is 24.5 Å². The molecule has 0 spiro atoms. The van der Waals surface area contributed by atoms with E-state index >= 15 is 0 Å². The normalized spacial score (nSPS) is 21.4. The number of ether oxygens (including phenoxy) is 1. The summed E-state index contributed by atoms with van der Waals surface area (Å²) >= 11 is 1.49. The van der Waals surface area contributed by atoms with E-state index in [1.54, 1.807) is 4.90 Å². The molecular formula is C17H25N3O4S. The second-order valence-electron chi connectivity index (χ2n) is 7.75. The summed E-state index contributed by atoms with van der Waals surface area (Å²) in [6, 6.07) is -0.0586. The monoisotopic (exact) mass is 367 g/mol. The molecule has 1 aliphatic carbocycles. The van der Waals surface area contributed by atoms with Crippen LogP contribution in [-0.2, 0) is 4.74 Å². The van der Waals surface area contributed by atoms with E-state index in [1.165, 1.54) is 11.3 Å². The number of aromatic carboxylic acids is 1. The number of carboxylic acid groups (broad SMARTS) is 1. The van der Waals surface area contributed by atoms with Gasteiger partial charge in [0.2, 0.25) is 0 Å². The number of carbonyl (C=O) groups excluding carboxylic acids is 1. The van der Waals surface area contributed by atoms with Crippen LogP contribution in [-0.4, -0.2) is 58.3 Å². The molecule has 2 heterocycles. The van der Waals surface area contributed by atoms with Gasteiger partial charge in [0.25, 0.3) is 0 Å². The number of thiazole rings is 1. The molecule has 1 saturated heterocycles. The van der Waals surface area contributed by atoms with Crippen molar-refractivity contribution < 1.29 is 19.4 Å². The zero-order valence-corrected chi connectivity index (χ0v) is 15.9. The average molecular weight is 367 g/mol. The number of nitrogens with zero attached hydrogens (tertiary/aromatic N) is 3. The van der Waals surface area contributed by atoms with Crippen LogP contribution in [0.25, 0.3) is 0 Å². The molecule has 3 rings (SSSR count). The van der Waals surface area contributed by atoms with Gasteiger partial charge in [-0.15, -0.1) is 11.3 Å². The van der Waals surface area contributed by atoms with Crippen molar-refractivity contribution in [2.45, 2.75) is 58.1 Å². The Hall–Kier alpha value is -1.83. The molecule has 1 N–H and O–H groups in total. The third-order valence-corrected chi connectivity index (χ3v) is 5.58. The Labute approximate surface area is 151 Å². The lowest BCUT2D eigenvalue weighted by Gasteiger charge is -2.40. The third-order valence-electron chi connectivity index (χ3n) is 4.30. The van der Waals surface area contributed by atoms with Gasteiger partial charge in [0, 0.05) is 31.6 Å². The predicted molar refractivity (Wildman–Crippen MR) is 95.7 cm³/mol. The Kier molecular flexibility index (Phi) is 4.66. The van der Waals surface area contributed by atoms with Gasteiger partial charge in [0.15, 0.2) is 5.69 Å². The number of amides is 1. The summed E-state index contributed by atoms with van der Waals surface area (Å²) in [6.07, 6.45) is 1.87. The summed E-state index contributed by atoms with van der Waals surface area (Å²) in [5.41, 5.74) is -0.383. The minimum Gasteiger partial charge on any atom is -0.476 e. The first-order valence-corrected chi connectivity index (χ1v) is 9.46. The predicted octanol–water partition coefficient (Wildman–Crippen LogP) is 3.16. The molecule has 1 saturated carbocycles. The molecule has 2 fully saturated rings. The Bertz CT molecular complexity index is 678. The van der Waals surface area contributed by atoms with Crippen LogP contribution in [0.1, 0.15) is 62.0 Å². The zero-order chi connectivity index (χ0) is 18.4. The Morgan fingerprint density at radius 3 is 2.48 bits per heavy atom. The summed E-state index contributed by atoms with van der Waals surface area (Å²) in [4.78, 5) is 32.0. The second-order valence-corrected chi connectivity index (χ2v) is 8.76. The lowest BCUT2D eigenvalue weighted by atomic mass is 10.2. The topological polar surface area (TPSA) is 83.0 Å². The van der Waals surface area contributed by atoms with Gasteiger partial charge in [0.1, 0.15) is 10.6 Å². The molecular weight excluding hydrogens is 342 g/mol. The van der Waals surface area contributed by atoms with E-state index in [1.807, 2.05) is 32.6 Å². The highest BCUT2D eigenvalue weighted by Gasteiger charge is 2.35. The molecule has 0 unspecified atom stereocenters. The Morgan fingerprint density at radius 1 is 1.28 bits per heavy atom. The second kappa shape index (κ2) is 6.48. The van der Waals surface area contributed by atoms with E-state index in [0.29, 0.717) is 30.6 Å². The third kappa shape index (κ3) is 4.05. The summed E-state index contributed by atoms with van der Waals surface area (Å²) in [7, 11) is 0. The standard InChI is InChI=1S/C17H25N3O4S/c1-10-9-19(7-8-20(10)16(23)24-17(2,3)4)14-12(15(21)22)18-13(25-14)11-5-6-11/h10-11H,5-9H2,1-4H3,(H,21,22)/t10-/m1/s1. The Balaban J connectivity index is 1.72. The van der Waals surface area contributed by atoms with Gasteiger partial charge >= 0.3 is 12.1 Å². The van der Waals surface area contributed by atoms with Crippen molar-refractivity contribution in [2.24, 2.45) is 0 Å². The van der Waals surface area contributed by atoms with Crippen LogP contribution in [0.2, 0.25) is 0 Å². The van der Waals surface area contributed by atoms with Gasteiger partial charge < -0.3 is 19.6 Å². The highest BCUT2D eigenvalue weighted by molar-refractivity contribution is 7.16. The number of piperazine rings is 1. The number of hydrogen-bond acceptors (Lipinski definition) is 6. The van der Waals surface area contributed by atoms with Crippen molar-refractivity contribution >= 4 is 28.4 Å². The highest BCUT2D eigenvalue weighted by atomic mass is 32.1. The molecule has 1 atom stereocenters. The molecule has 25 heavy (non-hydrogen) atoms. The average Bonchev–Trinajstić information content (AvgIpc) is 3.23. The quantitative estimate of drug-likeness (QED) is 0.883. The minimum absolute atomic E-state index is 0.0586. The van der Waals surface area contributed by atoms with Crippen molar-refractivity contribution in [1.29, 1.82) is 0 Å². The zero-order valence-electron chi connectivity index (χ0n) is 15.1. The van der Waals surface area contributed by atoms with E-state index in [2.05, 4.69) is 4.98 Å². The molecule has 8 heteroatoms. The van der Waals surface area contributed by atoms with Crippen LogP contribution >= 0.6 is 11.3 Å². The van der Waals surface area contributed by atoms with E-state index in [9.17, 15) is 14.7 Å². The highest BCUT2D eigenvalue weighted by Crippen LogP contribution is 2.45. The van der Waals surface area contributed by atoms with Crippen molar-refractivity contribution in [3.8, 4) is 0 Å². The van der Waals surface area contributed by atoms with Gasteiger partial charge in [-0.2, -0.15) is 0 Å². The fourth-order valence-electron chi connectivity index (χ4n) is 2.92. The van der Waals surface area contributed by atoms with Crippen molar-refractivity contribution in [3.63, 3.8) is 0 Å². The lowest BCUT2D eigenvalue weighted by molar-refractivity contribution is 0.0158.